The van der Waals surface area contributed by atoms with Crippen molar-refractivity contribution in [2.24, 2.45) is 0 Å². The number of aryl methyl sites for hydroxylation is 1. The number of benzene rings is 1. The van der Waals surface area contributed by atoms with Gasteiger partial charge < -0.3 is 15.5 Å². The van der Waals surface area contributed by atoms with E-state index in [4.69, 9.17) is 5.26 Å². The summed E-state index contributed by atoms with van der Waals surface area (Å²) in [6.07, 6.45) is 2.42. The van der Waals surface area contributed by atoms with Gasteiger partial charge in [-0.3, -0.25) is 4.79 Å². The number of carbonyl (C=O) groups is 1. The largest absolute Gasteiger partial charge is 0.390 e. The molecule has 1 aromatic carbocycles. The highest BCUT2D eigenvalue weighted by Gasteiger charge is 2.08. The van der Waals surface area contributed by atoms with Gasteiger partial charge in [-0.25, -0.2) is 0 Å². The standard InChI is InChI=1S/C16H22N4O/c1-13-5-7-15(8-6-13)19-16(21)14(11-17)12-18-9-4-10-20(2)3/h5-8,12,18H,4,9-10H2,1-3H3,(H,19,21)/b14-12-. The van der Waals surface area contributed by atoms with E-state index in [1.165, 1.54) is 6.20 Å². The molecule has 1 amide bonds. The predicted octanol–water partition coefficient (Wildman–Crippen LogP) is 1.88. The molecule has 0 saturated heterocycles. The SMILES string of the molecule is Cc1ccc(NC(=O)/C(C#N)=C\NCCCN(C)C)cc1. The van der Waals surface area contributed by atoms with Crippen LogP contribution in [0.1, 0.15) is 12.0 Å². The number of rotatable bonds is 7. The summed E-state index contributed by atoms with van der Waals surface area (Å²) in [7, 11) is 4.01. The van der Waals surface area contributed by atoms with Crippen molar-refractivity contribution >= 4 is 11.6 Å². The number of anilines is 1. The van der Waals surface area contributed by atoms with Crippen LogP contribution in [0.4, 0.5) is 5.69 Å². The molecular formula is C16H22N4O. The van der Waals surface area contributed by atoms with Gasteiger partial charge in [-0.05, 0) is 46.1 Å². The molecule has 0 aliphatic carbocycles. The molecule has 0 saturated carbocycles. The lowest BCUT2D eigenvalue weighted by atomic mass is 10.2. The third-order valence-corrected chi connectivity index (χ3v) is 2.85. The number of amides is 1. The monoisotopic (exact) mass is 286 g/mol. The molecule has 2 N–H and O–H groups in total. The molecule has 0 atom stereocenters. The zero-order valence-corrected chi connectivity index (χ0v) is 12.8. The Hall–Kier alpha value is -2.32. The van der Waals surface area contributed by atoms with E-state index in [1.807, 2.05) is 51.4 Å². The third kappa shape index (κ3) is 6.59. The van der Waals surface area contributed by atoms with Gasteiger partial charge in [0.15, 0.2) is 0 Å². The van der Waals surface area contributed by atoms with Crippen LogP contribution >= 0.6 is 0 Å². The number of nitrogens with one attached hydrogen (secondary N) is 2. The average molecular weight is 286 g/mol. The van der Waals surface area contributed by atoms with Gasteiger partial charge in [-0.1, -0.05) is 17.7 Å². The van der Waals surface area contributed by atoms with E-state index in [-0.39, 0.29) is 5.57 Å². The van der Waals surface area contributed by atoms with Crippen LogP contribution in [0, 0.1) is 18.3 Å². The van der Waals surface area contributed by atoms with Crippen molar-refractivity contribution in [1.82, 2.24) is 10.2 Å². The van der Waals surface area contributed by atoms with Crippen LogP contribution < -0.4 is 10.6 Å². The summed E-state index contributed by atoms with van der Waals surface area (Å²) in [6.45, 7) is 3.66. The molecule has 0 spiro atoms. The number of hydrogen-bond donors (Lipinski definition) is 2. The van der Waals surface area contributed by atoms with Crippen LogP contribution in [0.2, 0.25) is 0 Å². The molecule has 112 valence electrons. The molecular weight excluding hydrogens is 264 g/mol. The summed E-state index contributed by atoms with van der Waals surface area (Å²) >= 11 is 0. The highest BCUT2D eigenvalue weighted by molar-refractivity contribution is 6.06. The molecule has 0 fully saturated rings. The summed E-state index contributed by atoms with van der Waals surface area (Å²) < 4.78 is 0. The first-order valence-corrected chi connectivity index (χ1v) is 6.89. The third-order valence-electron chi connectivity index (χ3n) is 2.85. The average Bonchev–Trinajstić information content (AvgIpc) is 2.45. The summed E-state index contributed by atoms with van der Waals surface area (Å²) in [4.78, 5) is 14.0. The molecule has 21 heavy (non-hydrogen) atoms. The molecule has 0 bridgehead atoms. The number of nitrogens with zero attached hydrogens (tertiary/aromatic N) is 2. The summed E-state index contributed by atoms with van der Waals surface area (Å²) in [6, 6.07) is 9.35. The summed E-state index contributed by atoms with van der Waals surface area (Å²) in [5.41, 5.74) is 1.87. The van der Waals surface area contributed by atoms with E-state index < -0.39 is 5.91 Å². The lowest BCUT2D eigenvalue weighted by Gasteiger charge is -2.09. The first-order chi connectivity index (χ1) is 10.0. The molecule has 0 aliphatic rings. The van der Waals surface area contributed by atoms with E-state index in [1.54, 1.807) is 0 Å². The van der Waals surface area contributed by atoms with Gasteiger partial charge >= 0.3 is 0 Å². The fourth-order valence-electron chi connectivity index (χ4n) is 1.66. The van der Waals surface area contributed by atoms with Crippen LogP contribution in [0.25, 0.3) is 0 Å². The molecule has 0 unspecified atom stereocenters. The van der Waals surface area contributed by atoms with E-state index in [0.29, 0.717) is 5.69 Å². The molecule has 1 aromatic rings. The molecule has 5 nitrogen and oxygen atoms in total. The topological polar surface area (TPSA) is 68.2 Å². The van der Waals surface area contributed by atoms with Gasteiger partial charge in [-0.2, -0.15) is 5.26 Å². The second-order valence-electron chi connectivity index (χ2n) is 5.10. The zero-order valence-electron chi connectivity index (χ0n) is 12.8. The Kier molecular flexibility index (Phi) is 6.99. The minimum atomic E-state index is -0.401. The van der Waals surface area contributed by atoms with Crippen molar-refractivity contribution in [3.63, 3.8) is 0 Å². The van der Waals surface area contributed by atoms with Crippen molar-refractivity contribution < 1.29 is 4.79 Å². The van der Waals surface area contributed by atoms with Gasteiger partial charge in [0, 0.05) is 18.4 Å². The maximum Gasteiger partial charge on any atom is 0.267 e. The molecule has 0 radical (unpaired) electrons. The van der Waals surface area contributed by atoms with Crippen LogP contribution in [-0.2, 0) is 4.79 Å². The Morgan fingerprint density at radius 3 is 2.57 bits per heavy atom. The lowest BCUT2D eigenvalue weighted by molar-refractivity contribution is -0.112. The van der Waals surface area contributed by atoms with Crippen molar-refractivity contribution in [3.05, 3.63) is 41.6 Å². The smallest absolute Gasteiger partial charge is 0.267 e. The molecule has 0 aromatic heterocycles. The van der Waals surface area contributed by atoms with E-state index >= 15 is 0 Å². The minimum Gasteiger partial charge on any atom is -0.390 e. The Morgan fingerprint density at radius 1 is 1.33 bits per heavy atom. The van der Waals surface area contributed by atoms with Crippen molar-refractivity contribution in [2.45, 2.75) is 13.3 Å². The van der Waals surface area contributed by atoms with Crippen LogP contribution in [0.15, 0.2) is 36.0 Å². The van der Waals surface area contributed by atoms with Gasteiger partial charge in [0.25, 0.3) is 5.91 Å². The first-order valence-electron chi connectivity index (χ1n) is 6.89. The van der Waals surface area contributed by atoms with E-state index in [0.717, 1.165) is 25.1 Å². The highest BCUT2D eigenvalue weighted by atomic mass is 16.1. The molecule has 0 aliphatic heterocycles. The fraction of sp³-hybridized carbons (Fsp3) is 0.375. The maximum absolute atomic E-state index is 12.0. The van der Waals surface area contributed by atoms with Crippen molar-refractivity contribution in [1.29, 1.82) is 5.26 Å². The van der Waals surface area contributed by atoms with Crippen LogP contribution in [0.5, 0.6) is 0 Å². The van der Waals surface area contributed by atoms with Gasteiger partial charge in [0.1, 0.15) is 11.6 Å². The second kappa shape index (κ2) is 8.77. The number of hydrogen-bond acceptors (Lipinski definition) is 4. The Bertz CT molecular complexity index is 526. The lowest BCUT2D eigenvalue weighted by Crippen LogP contribution is -2.20. The number of carbonyl (C=O) groups excluding carboxylic acids is 1. The second-order valence-corrected chi connectivity index (χ2v) is 5.10. The van der Waals surface area contributed by atoms with Crippen LogP contribution in [-0.4, -0.2) is 38.0 Å². The van der Waals surface area contributed by atoms with E-state index in [9.17, 15) is 4.79 Å². The fourth-order valence-corrected chi connectivity index (χ4v) is 1.66. The normalized spacial score (nSPS) is 11.1. The maximum atomic E-state index is 12.0. The Labute approximate surface area is 126 Å². The van der Waals surface area contributed by atoms with Gasteiger partial charge in [-0.15, -0.1) is 0 Å². The Morgan fingerprint density at radius 2 is 2.00 bits per heavy atom. The summed E-state index contributed by atoms with van der Waals surface area (Å²) in [5.74, 6) is -0.401. The number of nitriles is 1. The van der Waals surface area contributed by atoms with Gasteiger partial charge in [0.05, 0.1) is 0 Å². The molecule has 5 heteroatoms. The summed E-state index contributed by atoms with van der Waals surface area (Å²) in [5, 5.41) is 14.7. The van der Waals surface area contributed by atoms with E-state index in [2.05, 4.69) is 15.5 Å². The van der Waals surface area contributed by atoms with Crippen molar-refractivity contribution in [3.8, 4) is 6.07 Å². The van der Waals surface area contributed by atoms with Crippen LogP contribution in [0.3, 0.4) is 0 Å². The minimum absolute atomic E-state index is 0.0698. The van der Waals surface area contributed by atoms with Crippen molar-refractivity contribution in [2.75, 3.05) is 32.5 Å². The van der Waals surface area contributed by atoms with Gasteiger partial charge in [0.2, 0.25) is 0 Å². The Balaban J connectivity index is 2.49. The zero-order chi connectivity index (χ0) is 15.7. The first kappa shape index (κ1) is 16.7. The molecule has 0 heterocycles. The molecule has 1 rings (SSSR count). The predicted molar refractivity (Wildman–Crippen MR) is 84.7 cm³/mol. The highest BCUT2D eigenvalue weighted by Crippen LogP contribution is 2.09. The quantitative estimate of drug-likeness (QED) is 0.456.